The average Bonchev–Trinajstić information content (AvgIpc) is 3.28. The molecule has 0 aliphatic heterocycles. The van der Waals surface area contributed by atoms with E-state index in [4.69, 9.17) is 9.26 Å². The molecule has 0 bridgehead atoms. The molecule has 8 atom stereocenters. The van der Waals surface area contributed by atoms with Crippen molar-refractivity contribution in [2.24, 2.45) is 51.2 Å². The first kappa shape index (κ1) is 24.7. The van der Waals surface area contributed by atoms with Crippen molar-refractivity contribution in [1.29, 1.82) is 0 Å². The van der Waals surface area contributed by atoms with Gasteiger partial charge < -0.3 is 9.26 Å². The normalized spacial score (nSPS) is 46.4. The van der Waals surface area contributed by atoms with E-state index in [-0.39, 0.29) is 39.5 Å². The lowest BCUT2D eigenvalue weighted by Gasteiger charge is -2.68. The summed E-state index contributed by atoms with van der Waals surface area (Å²) in [6.45, 7) is 14.3. The first-order valence-electron chi connectivity index (χ1n) is 14.4. The molecule has 36 heavy (non-hydrogen) atoms. The van der Waals surface area contributed by atoms with Crippen molar-refractivity contribution >= 4 is 11.8 Å². The summed E-state index contributed by atoms with van der Waals surface area (Å²) in [4.78, 5) is 27.7. The molecule has 5 heteroatoms. The van der Waals surface area contributed by atoms with Crippen molar-refractivity contribution in [2.45, 2.75) is 105 Å². The van der Waals surface area contributed by atoms with Gasteiger partial charge in [-0.1, -0.05) is 46.7 Å². The number of aromatic nitrogens is 1. The Bertz CT molecular complexity index is 1100. The van der Waals surface area contributed by atoms with Crippen LogP contribution >= 0.6 is 0 Å². The van der Waals surface area contributed by atoms with Crippen molar-refractivity contribution in [2.75, 3.05) is 7.11 Å². The summed E-state index contributed by atoms with van der Waals surface area (Å²) in [5.41, 5.74) is 0.982. The van der Waals surface area contributed by atoms with E-state index in [2.05, 4.69) is 46.7 Å². The van der Waals surface area contributed by atoms with Gasteiger partial charge in [0.05, 0.1) is 18.7 Å². The fraction of sp³-hybridized carbons (Fsp3) is 0.839. The molecule has 6 rings (SSSR count). The van der Waals surface area contributed by atoms with Gasteiger partial charge >= 0.3 is 5.97 Å². The highest BCUT2D eigenvalue weighted by Gasteiger charge is 2.69. The minimum Gasteiger partial charge on any atom is -0.469 e. The van der Waals surface area contributed by atoms with E-state index in [0.717, 1.165) is 57.1 Å². The summed E-state index contributed by atoms with van der Waals surface area (Å²) < 4.78 is 11.2. The highest BCUT2D eigenvalue weighted by atomic mass is 16.5. The number of nitrogens with zero attached hydrogens (tertiary/aromatic N) is 1. The summed E-state index contributed by atoms with van der Waals surface area (Å²) in [6, 6.07) is 0. The molecule has 1 aromatic rings. The number of fused-ring (bicyclic) bond motifs is 8. The van der Waals surface area contributed by atoms with E-state index >= 15 is 0 Å². The van der Waals surface area contributed by atoms with Gasteiger partial charge in [0.25, 0.3) is 0 Å². The second kappa shape index (κ2) is 7.47. The quantitative estimate of drug-likeness (QED) is 0.414. The Morgan fingerprint density at radius 1 is 0.972 bits per heavy atom. The standard InChI is InChI=1S/C31H45NO4/c1-27(2)12-13-31(26(34)35-7)11-8-19-24(20(31)16-27)21(33)14-23-29(19,5)10-9-22-28(3,4)25-18(17-32-36-25)15-30(22,23)6/h17,19-20,22-24H,8-16H2,1-7H3. The largest absolute Gasteiger partial charge is 0.469 e. The number of rotatable bonds is 1. The monoisotopic (exact) mass is 495 g/mol. The van der Waals surface area contributed by atoms with Crippen molar-refractivity contribution in [1.82, 2.24) is 5.16 Å². The fourth-order valence-electron chi connectivity index (χ4n) is 11.2. The third-order valence-corrected chi connectivity index (χ3v) is 12.7. The van der Waals surface area contributed by atoms with Gasteiger partial charge in [0.1, 0.15) is 11.5 Å². The summed E-state index contributed by atoms with van der Waals surface area (Å²) in [6.07, 6.45) is 10.5. The van der Waals surface area contributed by atoms with Crippen LogP contribution in [0.15, 0.2) is 10.7 Å². The molecule has 4 saturated carbocycles. The number of carbonyl (C=O) groups is 2. The Kier molecular flexibility index (Phi) is 5.12. The predicted octanol–water partition coefficient (Wildman–Crippen LogP) is 6.53. The SMILES string of the molecule is COC(=O)C12CCC3C(C(=O)CC4C3(C)CCC3C(C)(C)c5oncc5CC34C)C1CC(C)(C)CC2. The summed E-state index contributed by atoms with van der Waals surface area (Å²) >= 11 is 0. The smallest absolute Gasteiger partial charge is 0.312 e. The maximum absolute atomic E-state index is 14.3. The topological polar surface area (TPSA) is 69.4 Å². The molecule has 5 aliphatic rings. The van der Waals surface area contributed by atoms with Gasteiger partial charge in [0.2, 0.25) is 0 Å². The second-order valence-corrected chi connectivity index (χ2v) is 15.2. The average molecular weight is 496 g/mol. The molecule has 4 fully saturated rings. The molecule has 5 nitrogen and oxygen atoms in total. The molecule has 0 spiro atoms. The number of carbonyl (C=O) groups excluding carboxylic acids is 2. The van der Waals surface area contributed by atoms with Crippen LogP contribution in [0, 0.1) is 51.2 Å². The van der Waals surface area contributed by atoms with Gasteiger partial charge in [0, 0.05) is 23.3 Å². The van der Waals surface area contributed by atoms with Gasteiger partial charge in [-0.3, -0.25) is 9.59 Å². The minimum absolute atomic E-state index is 0.0124. The maximum Gasteiger partial charge on any atom is 0.312 e. The Labute approximate surface area is 216 Å². The third-order valence-electron chi connectivity index (χ3n) is 12.7. The Morgan fingerprint density at radius 3 is 2.44 bits per heavy atom. The molecular weight excluding hydrogens is 450 g/mol. The lowest BCUT2D eigenvalue weighted by molar-refractivity contribution is -0.203. The fourth-order valence-corrected chi connectivity index (χ4v) is 11.2. The zero-order valence-electron chi connectivity index (χ0n) is 23.4. The molecular formula is C31H45NO4. The van der Waals surface area contributed by atoms with Gasteiger partial charge in [-0.25, -0.2) is 0 Å². The van der Waals surface area contributed by atoms with Crippen molar-refractivity contribution in [3.05, 3.63) is 17.5 Å². The molecule has 0 saturated heterocycles. The number of ether oxygens (including phenoxy) is 1. The lowest BCUT2D eigenvalue weighted by atomic mass is 9.35. The molecule has 0 radical (unpaired) electrons. The maximum atomic E-state index is 14.3. The lowest BCUT2D eigenvalue weighted by Crippen LogP contribution is -2.66. The highest BCUT2D eigenvalue weighted by Crippen LogP contribution is 2.72. The summed E-state index contributed by atoms with van der Waals surface area (Å²) in [5.74, 6) is 2.68. The van der Waals surface area contributed by atoms with Gasteiger partial charge in [-0.05, 0) is 91.3 Å². The summed E-state index contributed by atoms with van der Waals surface area (Å²) in [5, 5.41) is 4.20. The summed E-state index contributed by atoms with van der Waals surface area (Å²) in [7, 11) is 1.53. The van der Waals surface area contributed by atoms with E-state index in [9.17, 15) is 9.59 Å². The van der Waals surface area contributed by atoms with Crippen LogP contribution < -0.4 is 0 Å². The Balaban J connectivity index is 1.42. The van der Waals surface area contributed by atoms with Crippen LogP contribution in [-0.2, 0) is 26.2 Å². The van der Waals surface area contributed by atoms with E-state index in [0.29, 0.717) is 30.0 Å². The number of Topliss-reactive ketones (excluding diaryl/α,β-unsaturated/α-hetero) is 1. The van der Waals surface area contributed by atoms with Gasteiger partial charge in [-0.15, -0.1) is 0 Å². The van der Waals surface area contributed by atoms with Crippen LogP contribution in [0.2, 0.25) is 0 Å². The number of esters is 1. The van der Waals surface area contributed by atoms with Crippen LogP contribution in [0.5, 0.6) is 0 Å². The highest BCUT2D eigenvalue weighted by molar-refractivity contribution is 5.86. The number of ketones is 1. The number of methoxy groups -OCH3 is 1. The molecule has 8 unspecified atom stereocenters. The zero-order valence-corrected chi connectivity index (χ0v) is 23.4. The van der Waals surface area contributed by atoms with Crippen molar-refractivity contribution in [3.63, 3.8) is 0 Å². The van der Waals surface area contributed by atoms with Crippen LogP contribution in [0.1, 0.15) is 104 Å². The number of hydrogen-bond donors (Lipinski definition) is 0. The van der Waals surface area contributed by atoms with E-state index in [1.165, 1.54) is 12.7 Å². The van der Waals surface area contributed by atoms with Gasteiger partial charge in [0.15, 0.2) is 0 Å². The second-order valence-electron chi connectivity index (χ2n) is 15.2. The van der Waals surface area contributed by atoms with Crippen LogP contribution in [0.3, 0.4) is 0 Å². The minimum atomic E-state index is -0.477. The molecule has 1 heterocycles. The van der Waals surface area contributed by atoms with Gasteiger partial charge in [-0.2, -0.15) is 0 Å². The predicted molar refractivity (Wildman–Crippen MR) is 137 cm³/mol. The molecule has 5 aliphatic carbocycles. The zero-order chi connectivity index (χ0) is 25.9. The van der Waals surface area contributed by atoms with E-state index < -0.39 is 5.41 Å². The van der Waals surface area contributed by atoms with E-state index in [1.54, 1.807) is 0 Å². The molecule has 198 valence electrons. The first-order chi connectivity index (χ1) is 16.8. The molecule has 0 amide bonds. The van der Waals surface area contributed by atoms with Crippen molar-refractivity contribution in [3.8, 4) is 0 Å². The van der Waals surface area contributed by atoms with E-state index in [1.807, 2.05) is 6.20 Å². The molecule has 0 N–H and O–H groups in total. The molecule has 1 aromatic heterocycles. The third kappa shape index (κ3) is 2.98. The van der Waals surface area contributed by atoms with Crippen LogP contribution in [-0.4, -0.2) is 24.0 Å². The van der Waals surface area contributed by atoms with Crippen LogP contribution in [0.4, 0.5) is 0 Å². The first-order valence-corrected chi connectivity index (χ1v) is 14.4. The Morgan fingerprint density at radius 2 is 1.72 bits per heavy atom. The molecule has 0 aromatic carbocycles. The number of hydrogen-bond acceptors (Lipinski definition) is 5. The Hall–Kier alpha value is -1.65. The van der Waals surface area contributed by atoms with Crippen molar-refractivity contribution < 1.29 is 18.8 Å². The van der Waals surface area contributed by atoms with Crippen LogP contribution in [0.25, 0.3) is 0 Å².